The quantitative estimate of drug-likeness (QED) is 0.630. The summed E-state index contributed by atoms with van der Waals surface area (Å²) in [7, 11) is 0. The van der Waals surface area contributed by atoms with Gasteiger partial charge in [-0.2, -0.15) is 9.50 Å². The van der Waals surface area contributed by atoms with Crippen LogP contribution in [-0.2, 0) is 0 Å². The van der Waals surface area contributed by atoms with Gasteiger partial charge in [-0.25, -0.2) is 4.98 Å². The number of halogens is 1. The number of aryl methyl sites for hydroxylation is 1. The fourth-order valence-corrected chi connectivity index (χ4v) is 1.79. The van der Waals surface area contributed by atoms with E-state index in [0.29, 0.717) is 14.5 Å². The number of fused-ring (bicyclic) bond motifs is 1. The summed E-state index contributed by atoms with van der Waals surface area (Å²) in [6.45, 7) is 1.80. The van der Waals surface area contributed by atoms with Crippen molar-refractivity contribution in [2.24, 2.45) is 0 Å². The van der Waals surface area contributed by atoms with E-state index in [0.717, 1.165) is 5.69 Å². The molecule has 2 heterocycles. The van der Waals surface area contributed by atoms with Crippen molar-refractivity contribution < 1.29 is 0 Å². The van der Waals surface area contributed by atoms with Crippen LogP contribution in [0.25, 0.3) is 5.78 Å². The SMILES string of the molecule is CSc1nc2nc(C)c(I)c(=O)n2[nH]1. The predicted molar refractivity (Wildman–Crippen MR) is 62.8 cm³/mol. The van der Waals surface area contributed by atoms with Gasteiger partial charge in [-0.05, 0) is 35.8 Å². The maximum absolute atomic E-state index is 11.7. The number of hydrogen-bond acceptors (Lipinski definition) is 4. The van der Waals surface area contributed by atoms with Gasteiger partial charge in [0.15, 0.2) is 5.16 Å². The highest BCUT2D eigenvalue weighted by Gasteiger charge is 2.09. The molecule has 14 heavy (non-hydrogen) atoms. The Morgan fingerprint density at radius 3 is 2.86 bits per heavy atom. The molecule has 0 atom stereocenters. The maximum atomic E-state index is 11.7. The van der Waals surface area contributed by atoms with Gasteiger partial charge in [0.2, 0.25) is 0 Å². The van der Waals surface area contributed by atoms with Crippen LogP contribution in [0.4, 0.5) is 0 Å². The molecule has 0 saturated carbocycles. The van der Waals surface area contributed by atoms with Gasteiger partial charge in [-0.1, -0.05) is 11.8 Å². The van der Waals surface area contributed by atoms with Gasteiger partial charge in [0.25, 0.3) is 11.3 Å². The average molecular weight is 322 g/mol. The maximum Gasteiger partial charge on any atom is 0.287 e. The van der Waals surface area contributed by atoms with E-state index in [9.17, 15) is 4.79 Å². The van der Waals surface area contributed by atoms with E-state index in [2.05, 4.69) is 15.1 Å². The normalized spacial score (nSPS) is 11.1. The Morgan fingerprint density at radius 2 is 2.21 bits per heavy atom. The van der Waals surface area contributed by atoms with E-state index >= 15 is 0 Å². The van der Waals surface area contributed by atoms with Crippen molar-refractivity contribution in [2.75, 3.05) is 6.26 Å². The molecule has 0 spiro atoms. The first-order valence-electron chi connectivity index (χ1n) is 3.82. The summed E-state index contributed by atoms with van der Waals surface area (Å²) in [4.78, 5) is 20.1. The van der Waals surface area contributed by atoms with Crippen molar-refractivity contribution in [1.29, 1.82) is 0 Å². The molecule has 5 nitrogen and oxygen atoms in total. The summed E-state index contributed by atoms with van der Waals surface area (Å²) < 4.78 is 1.98. The molecule has 2 rings (SSSR count). The largest absolute Gasteiger partial charge is 0.287 e. The highest BCUT2D eigenvalue weighted by atomic mass is 127. The lowest BCUT2D eigenvalue weighted by Crippen LogP contribution is -2.19. The van der Waals surface area contributed by atoms with Gasteiger partial charge < -0.3 is 0 Å². The number of nitrogens with one attached hydrogen (secondary N) is 1. The van der Waals surface area contributed by atoms with Crippen molar-refractivity contribution in [3.05, 3.63) is 19.6 Å². The number of hydrogen-bond donors (Lipinski definition) is 1. The first kappa shape index (κ1) is 9.97. The number of thioether (sulfide) groups is 1. The van der Waals surface area contributed by atoms with Crippen molar-refractivity contribution in [3.63, 3.8) is 0 Å². The van der Waals surface area contributed by atoms with Gasteiger partial charge in [0, 0.05) is 0 Å². The fraction of sp³-hybridized carbons (Fsp3) is 0.286. The Balaban J connectivity index is 2.88. The zero-order chi connectivity index (χ0) is 10.3. The molecule has 2 aromatic heterocycles. The average Bonchev–Trinajstić information content (AvgIpc) is 2.57. The molecule has 0 aliphatic carbocycles. The number of nitrogens with zero attached hydrogens (tertiary/aromatic N) is 3. The smallest absolute Gasteiger partial charge is 0.266 e. The summed E-state index contributed by atoms with van der Waals surface area (Å²) in [5.41, 5.74) is 0.621. The lowest BCUT2D eigenvalue weighted by Gasteiger charge is -1.95. The Kier molecular flexibility index (Phi) is 2.52. The van der Waals surface area contributed by atoms with Gasteiger partial charge >= 0.3 is 0 Å². The minimum Gasteiger partial charge on any atom is -0.266 e. The van der Waals surface area contributed by atoms with Crippen LogP contribution >= 0.6 is 34.4 Å². The minimum atomic E-state index is -0.0964. The predicted octanol–water partition coefficient (Wildman–Crippen LogP) is 1.05. The molecule has 7 heteroatoms. The summed E-state index contributed by atoms with van der Waals surface area (Å²) in [5, 5.41) is 3.56. The van der Waals surface area contributed by atoms with E-state index in [1.54, 1.807) is 6.92 Å². The first-order chi connectivity index (χ1) is 6.63. The molecule has 0 aliphatic rings. The molecule has 0 saturated heterocycles. The van der Waals surface area contributed by atoms with Crippen LogP contribution < -0.4 is 5.56 Å². The molecular weight excluding hydrogens is 315 g/mol. The summed E-state index contributed by atoms with van der Waals surface area (Å²) >= 11 is 3.43. The Labute approximate surface area is 97.5 Å². The number of aromatic amines is 1. The van der Waals surface area contributed by atoms with Crippen molar-refractivity contribution in [2.45, 2.75) is 12.1 Å². The van der Waals surface area contributed by atoms with Crippen LogP contribution in [0.15, 0.2) is 9.95 Å². The van der Waals surface area contributed by atoms with Crippen LogP contribution in [0, 0.1) is 10.5 Å². The Hall–Kier alpha value is -0.570. The second-order valence-electron chi connectivity index (χ2n) is 2.68. The Morgan fingerprint density at radius 1 is 1.50 bits per heavy atom. The first-order valence-corrected chi connectivity index (χ1v) is 6.12. The van der Waals surface area contributed by atoms with Gasteiger partial charge in [0.05, 0.1) is 5.69 Å². The molecular formula is C7H7IN4OS. The molecule has 74 valence electrons. The molecule has 0 bridgehead atoms. The lowest BCUT2D eigenvalue weighted by atomic mass is 10.4. The van der Waals surface area contributed by atoms with Gasteiger partial charge in [-0.3, -0.25) is 9.89 Å². The summed E-state index contributed by atoms with van der Waals surface area (Å²) in [5.74, 6) is 0.428. The van der Waals surface area contributed by atoms with E-state index in [1.807, 2.05) is 28.8 Å². The van der Waals surface area contributed by atoms with E-state index in [-0.39, 0.29) is 5.56 Å². The molecule has 0 radical (unpaired) electrons. The third kappa shape index (κ3) is 1.44. The van der Waals surface area contributed by atoms with Gasteiger partial charge in [0.1, 0.15) is 3.57 Å². The third-order valence-corrected chi connectivity index (χ3v) is 3.59. The van der Waals surface area contributed by atoms with Gasteiger partial charge in [-0.15, -0.1) is 0 Å². The minimum absolute atomic E-state index is 0.0964. The standard InChI is InChI=1S/C7H7IN4OS/c1-3-4(8)5(13)12-6(9-3)10-7(11-12)14-2/h1-2H3,(H,9,10,11). The topological polar surface area (TPSA) is 63.1 Å². The zero-order valence-electron chi connectivity index (χ0n) is 7.54. The lowest BCUT2D eigenvalue weighted by molar-refractivity contribution is 0.839. The monoisotopic (exact) mass is 322 g/mol. The fourth-order valence-electron chi connectivity index (χ4n) is 1.07. The number of rotatable bonds is 1. The molecule has 2 aromatic rings. The highest BCUT2D eigenvalue weighted by Crippen LogP contribution is 2.10. The van der Waals surface area contributed by atoms with E-state index in [4.69, 9.17) is 0 Å². The second-order valence-corrected chi connectivity index (χ2v) is 4.56. The highest BCUT2D eigenvalue weighted by molar-refractivity contribution is 14.1. The molecule has 0 amide bonds. The van der Waals surface area contributed by atoms with Crippen LogP contribution in [0.2, 0.25) is 0 Å². The van der Waals surface area contributed by atoms with Crippen LogP contribution in [-0.4, -0.2) is 25.8 Å². The molecule has 0 unspecified atom stereocenters. The second kappa shape index (κ2) is 3.54. The van der Waals surface area contributed by atoms with Crippen LogP contribution in [0.1, 0.15) is 5.69 Å². The molecule has 0 fully saturated rings. The van der Waals surface area contributed by atoms with Crippen molar-refractivity contribution in [3.8, 4) is 0 Å². The molecule has 0 aromatic carbocycles. The van der Waals surface area contributed by atoms with E-state index < -0.39 is 0 Å². The van der Waals surface area contributed by atoms with Crippen molar-refractivity contribution >= 4 is 40.1 Å². The third-order valence-electron chi connectivity index (χ3n) is 1.78. The number of aromatic nitrogens is 4. The van der Waals surface area contributed by atoms with E-state index in [1.165, 1.54) is 16.3 Å². The van der Waals surface area contributed by atoms with Crippen LogP contribution in [0.3, 0.4) is 0 Å². The molecule has 0 aliphatic heterocycles. The van der Waals surface area contributed by atoms with Crippen LogP contribution in [0.5, 0.6) is 0 Å². The number of H-pyrrole nitrogens is 1. The summed E-state index contributed by atoms with van der Waals surface area (Å²) in [6, 6.07) is 0. The molecule has 1 N–H and O–H groups in total. The van der Waals surface area contributed by atoms with Crippen molar-refractivity contribution in [1.82, 2.24) is 19.6 Å². The Bertz CT molecular complexity index is 546. The zero-order valence-corrected chi connectivity index (χ0v) is 10.5. The summed E-state index contributed by atoms with van der Waals surface area (Å²) in [6.07, 6.45) is 1.89.